The summed E-state index contributed by atoms with van der Waals surface area (Å²) in [5, 5.41) is 12.5. The van der Waals surface area contributed by atoms with Gasteiger partial charge in [0.05, 0.1) is 6.10 Å². The molecule has 1 aliphatic rings. The van der Waals surface area contributed by atoms with Gasteiger partial charge in [0, 0.05) is 23.2 Å². The summed E-state index contributed by atoms with van der Waals surface area (Å²) in [5.41, 5.74) is 1.87. The molecule has 0 spiro atoms. The van der Waals surface area contributed by atoms with Crippen molar-refractivity contribution in [2.75, 3.05) is 18.0 Å². The molecule has 1 aromatic carbocycles. The number of benzene rings is 1. The molecule has 4 nitrogen and oxygen atoms in total. The highest BCUT2D eigenvalue weighted by atomic mass is 79.9. The summed E-state index contributed by atoms with van der Waals surface area (Å²) >= 11 is 3.48. The van der Waals surface area contributed by atoms with Crippen LogP contribution in [-0.4, -0.2) is 30.1 Å². The molecule has 2 rings (SSSR count). The molecule has 0 aromatic heterocycles. The van der Waals surface area contributed by atoms with Crippen LogP contribution in [0.1, 0.15) is 31.9 Å². The fourth-order valence-corrected chi connectivity index (χ4v) is 3.16. The molecule has 0 bridgehead atoms. The van der Waals surface area contributed by atoms with Crippen LogP contribution in [0.25, 0.3) is 0 Å². The number of aliphatic hydroxyl groups is 1. The number of rotatable bonds is 3. The van der Waals surface area contributed by atoms with Gasteiger partial charge in [-0.05, 0) is 31.0 Å². The first-order chi connectivity index (χ1) is 9.04. The van der Waals surface area contributed by atoms with Crippen molar-refractivity contribution < 1.29 is 9.90 Å². The third-order valence-corrected chi connectivity index (χ3v) is 4.17. The number of aliphatic hydroxyl groups excluding tert-OH is 1. The molecule has 2 N–H and O–H groups in total. The molecule has 0 aliphatic carbocycles. The number of hydrogen-bond donors (Lipinski definition) is 2. The summed E-state index contributed by atoms with van der Waals surface area (Å²) < 4.78 is 0.876. The fourth-order valence-electron chi connectivity index (χ4n) is 2.46. The van der Waals surface area contributed by atoms with E-state index in [1.165, 1.54) is 0 Å². The minimum absolute atomic E-state index is 0.0875. The molecule has 104 valence electrons. The van der Waals surface area contributed by atoms with E-state index in [-0.39, 0.29) is 11.9 Å². The summed E-state index contributed by atoms with van der Waals surface area (Å²) in [6, 6.07) is 5.74. The Morgan fingerprint density at radius 1 is 1.58 bits per heavy atom. The minimum atomic E-state index is -0.505. The maximum absolute atomic E-state index is 11.9. The van der Waals surface area contributed by atoms with E-state index in [9.17, 15) is 9.90 Å². The Bertz CT molecular complexity index is 477. The number of anilines is 1. The molecule has 2 atom stereocenters. The van der Waals surface area contributed by atoms with Gasteiger partial charge in [0.1, 0.15) is 6.04 Å². The highest BCUT2D eigenvalue weighted by Gasteiger charge is 2.28. The first-order valence-corrected chi connectivity index (χ1v) is 7.35. The second-order valence-corrected chi connectivity index (χ2v) is 5.64. The maximum Gasteiger partial charge on any atom is 0.242 e. The molecule has 0 radical (unpaired) electrons. The Hall–Kier alpha value is -1.07. The van der Waals surface area contributed by atoms with Crippen LogP contribution in [-0.2, 0) is 4.79 Å². The lowest BCUT2D eigenvalue weighted by molar-refractivity contribution is -0.123. The first-order valence-electron chi connectivity index (χ1n) is 6.56. The second-order valence-electron chi connectivity index (χ2n) is 4.79. The number of halogens is 1. The van der Waals surface area contributed by atoms with E-state index in [0.717, 1.165) is 28.7 Å². The molecule has 1 unspecified atom stereocenters. The van der Waals surface area contributed by atoms with Crippen molar-refractivity contribution in [3.8, 4) is 0 Å². The van der Waals surface area contributed by atoms with Crippen LogP contribution in [0.2, 0.25) is 0 Å². The van der Waals surface area contributed by atoms with Crippen molar-refractivity contribution in [1.29, 1.82) is 0 Å². The average Bonchev–Trinajstić information content (AvgIpc) is 2.37. The van der Waals surface area contributed by atoms with E-state index in [0.29, 0.717) is 6.54 Å². The Morgan fingerprint density at radius 2 is 2.32 bits per heavy atom. The number of nitrogens with zero attached hydrogens (tertiary/aromatic N) is 1. The van der Waals surface area contributed by atoms with Crippen molar-refractivity contribution in [2.24, 2.45) is 0 Å². The number of hydrogen-bond acceptors (Lipinski definition) is 3. The summed E-state index contributed by atoms with van der Waals surface area (Å²) in [6.07, 6.45) is 0.275. The zero-order valence-corrected chi connectivity index (χ0v) is 12.8. The van der Waals surface area contributed by atoms with Gasteiger partial charge >= 0.3 is 0 Å². The van der Waals surface area contributed by atoms with Crippen LogP contribution in [0.4, 0.5) is 5.69 Å². The lowest BCUT2D eigenvalue weighted by Gasteiger charge is -2.36. The van der Waals surface area contributed by atoms with Crippen LogP contribution in [0.3, 0.4) is 0 Å². The molecule has 1 aliphatic heterocycles. The lowest BCUT2D eigenvalue weighted by atomic mass is 10.1. The quantitative estimate of drug-likeness (QED) is 0.895. The van der Waals surface area contributed by atoms with E-state index >= 15 is 0 Å². The monoisotopic (exact) mass is 326 g/mol. The van der Waals surface area contributed by atoms with E-state index < -0.39 is 6.10 Å². The number of carbonyl (C=O) groups excluding carboxylic acids is 1. The van der Waals surface area contributed by atoms with E-state index in [1.807, 2.05) is 25.1 Å². The molecule has 19 heavy (non-hydrogen) atoms. The van der Waals surface area contributed by atoms with Gasteiger partial charge in [0.2, 0.25) is 5.91 Å². The van der Waals surface area contributed by atoms with Gasteiger partial charge in [-0.2, -0.15) is 0 Å². The van der Waals surface area contributed by atoms with Crippen molar-refractivity contribution in [1.82, 2.24) is 5.32 Å². The topological polar surface area (TPSA) is 52.6 Å². The number of amides is 1. The van der Waals surface area contributed by atoms with Crippen LogP contribution in [0.15, 0.2) is 22.7 Å². The van der Waals surface area contributed by atoms with Crippen molar-refractivity contribution in [3.63, 3.8) is 0 Å². The first kappa shape index (κ1) is 14.3. The van der Waals surface area contributed by atoms with E-state index in [2.05, 4.69) is 26.1 Å². The zero-order chi connectivity index (χ0) is 14.0. The standard InChI is InChI=1S/C14H19BrN2O2/c1-3-13-14(19)16-6-7-17(13)10-4-5-11(9(2)18)12(15)8-10/h4-5,8-9,13,18H,3,6-7H2,1-2H3,(H,16,19)/t9-,13?/m1/s1. The molecular weight excluding hydrogens is 308 g/mol. The smallest absolute Gasteiger partial charge is 0.242 e. The Labute approximate surface area is 121 Å². The minimum Gasteiger partial charge on any atom is -0.389 e. The van der Waals surface area contributed by atoms with Crippen LogP contribution >= 0.6 is 15.9 Å². The number of carbonyl (C=O) groups is 1. The Kier molecular flexibility index (Phi) is 4.47. The zero-order valence-electron chi connectivity index (χ0n) is 11.2. The average molecular weight is 327 g/mol. The maximum atomic E-state index is 11.9. The molecular formula is C14H19BrN2O2. The fraction of sp³-hybridized carbons (Fsp3) is 0.500. The summed E-state index contributed by atoms with van der Waals surface area (Å²) in [6.45, 7) is 5.24. The Morgan fingerprint density at radius 3 is 2.89 bits per heavy atom. The molecule has 5 heteroatoms. The normalized spacial score (nSPS) is 21.2. The van der Waals surface area contributed by atoms with Crippen molar-refractivity contribution in [2.45, 2.75) is 32.4 Å². The lowest BCUT2D eigenvalue weighted by Crippen LogP contribution is -2.55. The number of piperazine rings is 1. The van der Waals surface area contributed by atoms with Crippen molar-refractivity contribution >= 4 is 27.5 Å². The van der Waals surface area contributed by atoms with Gasteiger partial charge in [-0.1, -0.05) is 28.9 Å². The third-order valence-electron chi connectivity index (χ3n) is 3.48. The highest BCUT2D eigenvalue weighted by Crippen LogP contribution is 2.30. The predicted molar refractivity (Wildman–Crippen MR) is 79.2 cm³/mol. The van der Waals surface area contributed by atoms with Gasteiger partial charge in [0.15, 0.2) is 0 Å². The van der Waals surface area contributed by atoms with E-state index in [1.54, 1.807) is 6.92 Å². The van der Waals surface area contributed by atoms with Gasteiger partial charge in [-0.25, -0.2) is 0 Å². The van der Waals surface area contributed by atoms with Gasteiger partial charge < -0.3 is 15.3 Å². The number of nitrogens with one attached hydrogen (secondary N) is 1. The molecule has 1 aromatic rings. The van der Waals surface area contributed by atoms with Crippen LogP contribution < -0.4 is 10.2 Å². The largest absolute Gasteiger partial charge is 0.389 e. The summed E-state index contributed by atoms with van der Waals surface area (Å²) in [7, 11) is 0. The molecule has 1 heterocycles. The van der Waals surface area contributed by atoms with Gasteiger partial charge in [0.25, 0.3) is 0 Å². The predicted octanol–water partition coefficient (Wildman–Crippen LogP) is 2.22. The third kappa shape index (κ3) is 2.92. The van der Waals surface area contributed by atoms with Crippen molar-refractivity contribution in [3.05, 3.63) is 28.2 Å². The SMILES string of the molecule is CCC1C(=O)NCCN1c1ccc([C@@H](C)O)c(Br)c1. The molecule has 0 saturated carbocycles. The van der Waals surface area contributed by atoms with E-state index in [4.69, 9.17) is 0 Å². The van der Waals surface area contributed by atoms with Gasteiger partial charge in [-0.15, -0.1) is 0 Å². The molecule has 1 amide bonds. The van der Waals surface area contributed by atoms with Crippen LogP contribution in [0, 0.1) is 0 Å². The van der Waals surface area contributed by atoms with Crippen LogP contribution in [0.5, 0.6) is 0 Å². The van der Waals surface area contributed by atoms with Gasteiger partial charge in [-0.3, -0.25) is 4.79 Å². The summed E-state index contributed by atoms with van der Waals surface area (Å²) in [5.74, 6) is 0.0875. The molecule has 1 fully saturated rings. The Balaban J connectivity index is 2.30. The highest BCUT2D eigenvalue weighted by molar-refractivity contribution is 9.10. The summed E-state index contributed by atoms with van der Waals surface area (Å²) in [4.78, 5) is 14.0. The second kappa shape index (κ2) is 5.92. The molecule has 1 saturated heterocycles.